The summed E-state index contributed by atoms with van der Waals surface area (Å²) in [4.78, 5) is 37.4. The Kier molecular flexibility index (Phi) is 13.1. The lowest BCUT2D eigenvalue weighted by Gasteiger charge is -2.26. The van der Waals surface area contributed by atoms with Gasteiger partial charge in [0.1, 0.15) is 0 Å². The van der Waals surface area contributed by atoms with Crippen LogP contribution in [0.3, 0.4) is 0 Å². The maximum atomic E-state index is 12.5. The van der Waals surface area contributed by atoms with Gasteiger partial charge in [0.2, 0.25) is 17.7 Å². The van der Waals surface area contributed by atoms with E-state index < -0.39 is 0 Å². The molecule has 0 bridgehead atoms. The van der Waals surface area contributed by atoms with Crippen molar-refractivity contribution in [2.24, 2.45) is 0 Å². The molecule has 1 heterocycles. The molecule has 3 atom stereocenters. The Balaban J connectivity index is 2.88. The molecule has 0 saturated carbocycles. The number of hydrogen-bond donors (Lipinski definition) is 3. The van der Waals surface area contributed by atoms with E-state index in [0.29, 0.717) is 0 Å². The van der Waals surface area contributed by atoms with Crippen molar-refractivity contribution < 1.29 is 14.4 Å². The Labute approximate surface area is 175 Å². The summed E-state index contributed by atoms with van der Waals surface area (Å²) in [5.74, 6) is 2.38. The third kappa shape index (κ3) is 11.1. The molecule has 1 aliphatic heterocycles. The van der Waals surface area contributed by atoms with Crippen molar-refractivity contribution in [3.63, 3.8) is 0 Å². The molecule has 0 aromatic heterocycles. The average Bonchev–Trinajstić information content (AvgIpc) is 2.61. The van der Waals surface area contributed by atoms with Gasteiger partial charge in [0.25, 0.3) is 0 Å². The Morgan fingerprint density at radius 3 is 1.11 bits per heavy atom. The summed E-state index contributed by atoms with van der Waals surface area (Å²) in [6.07, 6.45) is 9.13. The molecule has 0 aromatic rings. The van der Waals surface area contributed by atoms with Crippen molar-refractivity contribution in [3.8, 4) is 0 Å². The smallest absolute Gasteiger partial charge is 0.222 e. The average molecular weight is 436 g/mol. The molecule has 1 rings (SSSR count). The standard InChI is InChI=1S/C18H33N3O3S3/c1-25-7-4-13-10-16(22)20-15(6-9-27-3)12-18(24)21-14(5-8-26-2)11-17(23)19-13/h13-15H,4-12H2,1-3H3,(H,19,23)(H,20,22)(H,21,24)/t13-,14-,15-/m0/s1. The number of amides is 3. The van der Waals surface area contributed by atoms with Crippen molar-refractivity contribution in [2.75, 3.05) is 36.0 Å². The van der Waals surface area contributed by atoms with Gasteiger partial charge in [-0.3, -0.25) is 14.4 Å². The zero-order valence-corrected chi connectivity index (χ0v) is 19.0. The van der Waals surface area contributed by atoms with Crippen molar-refractivity contribution in [2.45, 2.75) is 56.7 Å². The topological polar surface area (TPSA) is 87.3 Å². The van der Waals surface area contributed by atoms with E-state index in [2.05, 4.69) is 16.0 Å². The Hall–Kier alpha value is -0.540. The molecule has 27 heavy (non-hydrogen) atoms. The molecular weight excluding hydrogens is 402 g/mol. The molecule has 1 aliphatic rings. The minimum Gasteiger partial charge on any atom is -0.353 e. The van der Waals surface area contributed by atoms with Gasteiger partial charge in [-0.25, -0.2) is 0 Å². The summed E-state index contributed by atoms with van der Waals surface area (Å²) in [6, 6.07) is -0.493. The summed E-state index contributed by atoms with van der Waals surface area (Å²) in [5, 5.41) is 9.01. The van der Waals surface area contributed by atoms with E-state index in [1.807, 2.05) is 18.8 Å². The fraction of sp³-hybridized carbons (Fsp3) is 0.833. The summed E-state index contributed by atoms with van der Waals surface area (Å²) >= 11 is 5.11. The molecule has 156 valence electrons. The van der Waals surface area contributed by atoms with E-state index >= 15 is 0 Å². The van der Waals surface area contributed by atoms with Crippen molar-refractivity contribution in [1.29, 1.82) is 0 Å². The molecule has 3 amide bonds. The van der Waals surface area contributed by atoms with Crippen LogP contribution in [0.2, 0.25) is 0 Å². The van der Waals surface area contributed by atoms with Crippen LogP contribution in [0.4, 0.5) is 0 Å². The second-order valence-corrected chi connectivity index (χ2v) is 9.71. The minimum absolute atomic E-state index is 0.0974. The molecule has 0 unspecified atom stereocenters. The van der Waals surface area contributed by atoms with Gasteiger partial charge in [-0.2, -0.15) is 35.3 Å². The normalized spacial score (nSPS) is 25.0. The van der Waals surface area contributed by atoms with Crippen molar-refractivity contribution in [3.05, 3.63) is 0 Å². The van der Waals surface area contributed by atoms with Gasteiger partial charge in [-0.15, -0.1) is 0 Å². The van der Waals surface area contributed by atoms with Gasteiger partial charge < -0.3 is 16.0 Å². The highest BCUT2D eigenvalue weighted by molar-refractivity contribution is 7.98. The van der Waals surface area contributed by atoms with Crippen LogP contribution in [0.25, 0.3) is 0 Å². The van der Waals surface area contributed by atoms with Gasteiger partial charge in [0, 0.05) is 37.4 Å². The number of thioether (sulfide) groups is 3. The molecule has 0 aromatic carbocycles. The third-order valence-corrected chi connectivity index (χ3v) is 6.33. The summed E-state index contributed by atoms with van der Waals surface area (Å²) in [7, 11) is 0. The maximum Gasteiger partial charge on any atom is 0.222 e. The molecule has 0 spiro atoms. The number of hydrogen-bond acceptors (Lipinski definition) is 6. The molecule has 0 radical (unpaired) electrons. The number of rotatable bonds is 9. The van der Waals surface area contributed by atoms with E-state index in [9.17, 15) is 14.4 Å². The lowest BCUT2D eigenvalue weighted by atomic mass is 10.0. The van der Waals surface area contributed by atoms with E-state index in [0.717, 1.165) is 36.5 Å². The van der Waals surface area contributed by atoms with Crippen molar-refractivity contribution in [1.82, 2.24) is 16.0 Å². The third-order valence-electron chi connectivity index (χ3n) is 4.40. The van der Waals surface area contributed by atoms with Crippen LogP contribution in [0.5, 0.6) is 0 Å². The lowest BCUT2D eigenvalue weighted by Crippen LogP contribution is -2.48. The SMILES string of the molecule is CSCC[C@H]1CC(=O)N[C@@H](CCSC)CC(=O)N[C@@H](CCSC)CC(=O)N1. The molecule has 1 saturated heterocycles. The Bertz CT molecular complexity index is 389. The van der Waals surface area contributed by atoms with Gasteiger partial charge in [0.15, 0.2) is 0 Å². The van der Waals surface area contributed by atoms with Crippen LogP contribution in [0, 0.1) is 0 Å². The van der Waals surface area contributed by atoms with E-state index in [4.69, 9.17) is 0 Å². The molecule has 0 aliphatic carbocycles. The fourth-order valence-corrected chi connectivity index (χ4v) is 4.55. The molecule has 6 nitrogen and oxygen atoms in total. The van der Waals surface area contributed by atoms with Gasteiger partial charge >= 0.3 is 0 Å². The zero-order chi connectivity index (χ0) is 20.1. The largest absolute Gasteiger partial charge is 0.353 e. The summed E-state index contributed by atoms with van der Waals surface area (Å²) in [6.45, 7) is 0. The first kappa shape index (κ1) is 24.5. The van der Waals surface area contributed by atoms with Crippen LogP contribution >= 0.6 is 35.3 Å². The van der Waals surface area contributed by atoms with E-state index in [1.54, 1.807) is 35.3 Å². The first-order valence-corrected chi connectivity index (χ1v) is 13.5. The monoisotopic (exact) mass is 435 g/mol. The molecule has 9 heteroatoms. The predicted octanol–water partition coefficient (Wildman–Crippen LogP) is 1.88. The van der Waals surface area contributed by atoms with E-state index in [1.165, 1.54) is 0 Å². The number of carbonyl (C=O) groups excluding carboxylic acids is 3. The van der Waals surface area contributed by atoms with Crippen LogP contribution in [-0.2, 0) is 14.4 Å². The van der Waals surface area contributed by atoms with Crippen LogP contribution in [0.15, 0.2) is 0 Å². The highest BCUT2D eigenvalue weighted by Gasteiger charge is 2.25. The molecule has 1 fully saturated rings. The molecular formula is C18H33N3O3S3. The fourth-order valence-electron chi connectivity index (χ4n) is 2.99. The predicted molar refractivity (Wildman–Crippen MR) is 119 cm³/mol. The van der Waals surface area contributed by atoms with Crippen LogP contribution < -0.4 is 16.0 Å². The molecule has 3 N–H and O–H groups in total. The van der Waals surface area contributed by atoms with Gasteiger partial charge in [-0.1, -0.05) is 0 Å². The minimum atomic E-state index is -0.164. The maximum absolute atomic E-state index is 12.5. The second-order valence-electron chi connectivity index (χ2n) is 6.75. The number of nitrogens with one attached hydrogen (secondary N) is 3. The van der Waals surface area contributed by atoms with Crippen molar-refractivity contribution >= 4 is 53.0 Å². The lowest BCUT2D eigenvalue weighted by molar-refractivity contribution is -0.126. The van der Waals surface area contributed by atoms with Crippen LogP contribution in [-0.4, -0.2) is 71.9 Å². The highest BCUT2D eigenvalue weighted by atomic mass is 32.2. The zero-order valence-electron chi connectivity index (χ0n) is 16.5. The summed E-state index contributed by atoms with van der Waals surface area (Å²) in [5.41, 5.74) is 0. The number of carbonyl (C=O) groups is 3. The second kappa shape index (κ2) is 14.5. The van der Waals surface area contributed by atoms with E-state index in [-0.39, 0.29) is 55.1 Å². The van der Waals surface area contributed by atoms with Crippen LogP contribution in [0.1, 0.15) is 38.5 Å². The van der Waals surface area contributed by atoms with Gasteiger partial charge in [0.05, 0.1) is 0 Å². The first-order valence-electron chi connectivity index (χ1n) is 9.33. The summed E-state index contributed by atoms with van der Waals surface area (Å²) < 4.78 is 0. The van der Waals surface area contributed by atoms with Gasteiger partial charge in [-0.05, 0) is 55.3 Å². The Morgan fingerprint density at radius 1 is 0.630 bits per heavy atom. The highest BCUT2D eigenvalue weighted by Crippen LogP contribution is 2.12. The Morgan fingerprint density at radius 2 is 0.889 bits per heavy atom. The quantitative estimate of drug-likeness (QED) is 0.513. The first-order chi connectivity index (χ1) is 13.0.